The molecule has 0 atom stereocenters. The van der Waals surface area contributed by atoms with Crippen LogP contribution in [-0.4, -0.2) is 29.9 Å². The summed E-state index contributed by atoms with van der Waals surface area (Å²) < 4.78 is 10.1. The van der Waals surface area contributed by atoms with Gasteiger partial charge in [0.15, 0.2) is 5.78 Å². The Bertz CT molecular complexity index is 705. The molecule has 0 aromatic heterocycles. The summed E-state index contributed by atoms with van der Waals surface area (Å²) in [5.74, 6) is -1.52. The molecule has 0 aliphatic heterocycles. The first-order valence-corrected chi connectivity index (χ1v) is 8.04. The maximum Gasteiger partial charge on any atom is 0.341 e. The second-order valence-corrected chi connectivity index (χ2v) is 6.33. The van der Waals surface area contributed by atoms with Gasteiger partial charge in [0.05, 0.1) is 6.61 Å². The van der Waals surface area contributed by atoms with Gasteiger partial charge in [0, 0.05) is 6.08 Å². The third-order valence-electron chi connectivity index (χ3n) is 2.98. The van der Waals surface area contributed by atoms with Crippen molar-refractivity contribution in [3.63, 3.8) is 0 Å². The number of esters is 2. The van der Waals surface area contributed by atoms with Gasteiger partial charge in [0.2, 0.25) is 0 Å². The molecule has 5 nitrogen and oxygen atoms in total. The van der Waals surface area contributed by atoms with E-state index in [4.69, 9.17) is 9.47 Å². The summed E-state index contributed by atoms with van der Waals surface area (Å²) in [7, 11) is 0. The number of hydrogen-bond donors (Lipinski definition) is 0. The molecular formula is C20H24O5. The molecule has 0 radical (unpaired) electrons. The van der Waals surface area contributed by atoms with Crippen molar-refractivity contribution in [2.24, 2.45) is 0 Å². The zero-order valence-corrected chi connectivity index (χ0v) is 15.3. The highest BCUT2D eigenvalue weighted by Gasteiger charge is 2.16. The van der Waals surface area contributed by atoms with Crippen LogP contribution in [0, 0.1) is 0 Å². The smallest absolute Gasteiger partial charge is 0.341 e. The quantitative estimate of drug-likeness (QED) is 0.341. The number of Topliss-reactive ketones (excluding diaryl/α,β-unsaturated/α-hetero) is 1. The fourth-order valence-corrected chi connectivity index (χ4v) is 1.96. The van der Waals surface area contributed by atoms with Crippen molar-refractivity contribution in [3.05, 3.63) is 47.0 Å². The molecule has 1 rings (SSSR count). The maximum absolute atomic E-state index is 11.9. The van der Waals surface area contributed by atoms with Crippen molar-refractivity contribution in [1.29, 1.82) is 0 Å². The Morgan fingerprint density at radius 3 is 2.20 bits per heavy atom. The number of hydrogen-bond acceptors (Lipinski definition) is 5. The van der Waals surface area contributed by atoms with E-state index in [0.717, 1.165) is 0 Å². The predicted molar refractivity (Wildman–Crippen MR) is 96.6 cm³/mol. The highest BCUT2D eigenvalue weighted by molar-refractivity contribution is 6.20. The zero-order valence-electron chi connectivity index (χ0n) is 15.3. The van der Waals surface area contributed by atoms with Gasteiger partial charge in [-0.2, -0.15) is 0 Å². The van der Waals surface area contributed by atoms with Crippen molar-refractivity contribution >= 4 is 29.9 Å². The van der Waals surface area contributed by atoms with Crippen molar-refractivity contribution in [2.75, 3.05) is 6.61 Å². The van der Waals surface area contributed by atoms with Crippen molar-refractivity contribution in [1.82, 2.24) is 0 Å². The van der Waals surface area contributed by atoms with Gasteiger partial charge >= 0.3 is 11.9 Å². The molecule has 0 unspecified atom stereocenters. The second-order valence-electron chi connectivity index (χ2n) is 6.33. The van der Waals surface area contributed by atoms with Crippen LogP contribution in [-0.2, 0) is 23.9 Å². The van der Waals surface area contributed by atoms with Gasteiger partial charge in [0.25, 0.3) is 0 Å². The monoisotopic (exact) mass is 344 g/mol. The Labute approximate surface area is 148 Å². The highest BCUT2D eigenvalue weighted by Crippen LogP contribution is 2.17. The number of rotatable bonds is 6. The molecule has 134 valence electrons. The Morgan fingerprint density at radius 2 is 1.68 bits per heavy atom. The van der Waals surface area contributed by atoms with Crippen molar-refractivity contribution in [3.8, 4) is 0 Å². The Hall–Kier alpha value is -2.69. The fraction of sp³-hybridized carbons (Fsp3) is 0.350. The van der Waals surface area contributed by atoms with E-state index in [1.165, 1.54) is 19.1 Å². The lowest BCUT2D eigenvalue weighted by molar-refractivity contribution is -0.148. The summed E-state index contributed by atoms with van der Waals surface area (Å²) in [6.07, 6.45) is 4.37. The summed E-state index contributed by atoms with van der Waals surface area (Å²) in [4.78, 5) is 35.5. The van der Waals surface area contributed by atoms with Crippen molar-refractivity contribution < 1.29 is 23.9 Å². The van der Waals surface area contributed by atoms with Crippen LogP contribution in [0.1, 0.15) is 45.7 Å². The molecule has 0 aliphatic rings. The van der Waals surface area contributed by atoms with Gasteiger partial charge in [-0.25, -0.2) is 9.59 Å². The first-order valence-electron chi connectivity index (χ1n) is 8.04. The highest BCUT2D eigenvalue weighted by atomic mass is 16.6. The van der Waals surface area contributed by atoms with Gasteiger partial charge in [-0.15, -0.1) is 0 Å². The molecule has 0 fully saturated rings. The van der Waals surface area contributed by atoms with Gasteiger partial charge in [-0.1, -0.05) is 24.3 Å². The Morgan fingerprint density at radius 1 is 1.08 bits per heavy atom. The van der Waals surface area contributed by atoms with E-state index < -0.39 is 17.5 Å². The number of carbonyl (C=O) groups is 3. The Balaban J connectivity index is 3.14. The van der Waals surface area contributed by atoms with Crippen LogP contribution in [0.25, 0.3) is 12.2 Å². The predicted octanol–water partition coefficient (Wildman–Crippen LogP) is 3.58. The maximum atomic E-state index is 11.9. The van der Waals surface area contributed by atoms with Gasteiger partial charge in [-0.05, 0) is 57.9 Å². The summed E-state index contributed by atoms with van der Waals surface area (Å²) >= 11 is 0. The lowest BCUT2D eigenvalue weighted by atomic mass is 10.0. The van der Waals surface area contributed by atoms with Crippen LogP contribution in [0.5, 0.6) is 0 Å². The van der Waals surface area contributed by atoms with Gasteiger partial charge in [-0.3, -0.25) is 4.79 Å². The number of ether oxygens (including phenoxy) is 2. The molecule has 1 aromatic rings. The molecule has 0 spiro atoms. The molecule has 0 bridgehead atoms. The van der Waals surface area contributed by atoms with Gasteiger partial charge < -0.3 is 9.47 Å². The summed E-state index contributed by atoms with van der Waals surface area (Å²) in [6, 6.07) is 7.09. The van der Waals surface area contributed by atoms with Crippen LogP contribution >= 0.6 is 0 Å². The third kappa shape index (κ3) is 7.16. The summed E-state index contributed by atoms with van der Waals surface area (Å²) in [6.45, 7) is 8.52. The van der Waals surface area contributed by atoms with Crippen LogP contribution in [0.15, 0.2) is 35.9 Å². The molecule has 1 aromatic carbocycles. The first-order chi connectivity index (χ1) is 11.6. The largest absolute Gasteiger partial charge is 0.462 e. The number of carbonyl (C=O) groups excluding carboxylic acids is 3. The van der Waals surface area contributed by atoms with E-state index in [0.29, 0.717) is 11.1 Å². The molecule has 0 N–H and O–H groups in total. The van der Waals surface area contributed by atoms with E-state index in [1.807, 2.05) is 0 Å². The van der Waals surface area contributed by atoms with E-state index >= 15 is 0 Å². The molecule has 25 heavy (non-hydrogen) atoms. The molecule has 0 aliphatic carbocycles. The van der Waals surface area contributed by atoms with Crippen molar-refractivity contribution in [2.45, 2.75) is 40.2 Å². The Kier molecular flexibility index (Phi) is 7.30. The molecular weight excluding hydrogens is 320 g/mol. The normalized spacial score (nSPS) is 12.1. The second kappa shape index (κ2) is 8.97. The lowest BCUT2D eigenvalue weighted by Crippen LogP contribution is -2.22. The average Bonchev–Trinajstić information content (AvgIpc) is 2.49. The summed E-state index contributed by atoms with van der Waals surface area (Å²) in [5, 5.41) is 0. The minimum atomic E-state index is -0.666. The van der Waals surface area contributed by atoms with Gasteiger partial charge in [0.1, 0.15) is 11.2 Å². The molecule has 0 amide bonds. The van der Waals surface area contributed by atoms with Crippen LogP contribution < -0.4 is 0 Å². The van der Waals surface area contributed by atoms with Crippen LogP contribution in [0.3, 0.4) is 0 Å². The molecule has 0 heterocycles. The standard InChI is InChI=1S/C20H24O5/c1-6-24-19(23)17(14(2)21)13-16-10-8-7-9-15(16)11-12-18(22)25-20(3,4)5/h7-13H,6H2,1-5H3/b12-11-,17-13?. The first kappa shape index (κ1) is 20.4. The van der Waals surface area contributed by atoms with E-state index in [9.17, 15) is 14.4 Å². The molecule has 0 saturated carbocycles. The average molecular weight is 344 g/mol. The van der Waals surface area contributed by atoms with E-state index in [1.54, 1.807) is 58.0 Å². The third-order valence-corrected chi connectivity index (χ3v) is 2.98. The topological polar surface area (TPSA) is 69.7 Å². The zero-order chi connectivity index (χ0) is 19.0. The molecule has 0 saturated heterocycles. The van der Waals surface area contributed by atoms with Crippen LogP contribution in [0.4, 0.5) is 0 Å². The SMILES string of the molecule is CCOC(=O)C(=Cc1ccccc1/C=C\C(=O)OC(C)(C)C)C(C)=O. The van der Waals surface area contributed by atoms with E-state index in [-0.39, 0.29) is 18.0 Å². The minimum absolute atomic E-state index is 0.0417. The summed E-state index contributed by atoms with van der Waals surface area (Å²) in [5.41, 5.74) is 0.684. The number of ketones is 1. The lowest BCUT2D eigenvalue weighted by Gasteiger charge is -2.17. The fourth-order valence-electron chi connectivity index (χ4n) is 1.96. The molecule has 5 heteroatoms. The number of benzene rings is 1. The van der Waals surface area contributed by atoms with E-state index in [2.05, 4.69) is 0 Å². The van der Waals surface area contributed by atoms with Crippen LogP contribution in [0.2, 0.25) is 0 Å². The minimum Gasteiger partial charge on any atom is -0.462 e.